The van der Waals surface area contributed by atoms with E-state index in [0.29, 0.717) is 10.6 Å². The molecular weight excluding hydrogens is 294 g/mol. The van der Waals surface area contributed by atoms with Crippen molar-refractivity contribution >= 4 is 39.6 Å². The SMILES string of the molecule is O=Cc1c(-c2ccc(Cl)cc2)[nH]c2c1ccc1ccccc12. The van der Waals surface area contributed by atoms with E-state index in [2.05, 4.69) is 17.1 Å². The van der Waals surface area contributed by atoms with Crippen LogP contribution in [0.4, 0.5) is 0 Å². The number of aldehydes is 1. The van der Waals surface area contributed by atoms with Crippen LogP contribution in [0.1, 0.15) is 10.4 Å². The summed E-state index contributed by atoms with van der Waals surface area (Å²) in [5.41, 5.74) is 3.46. The molecule has 4 rings (SSSR count). The molecule has 0 amide bonds. The topological polar surface area (TPSA) is 32.9 Å². The summed E-state index contributed by atoms with van der Waals surface area (Å²) in [4.78, 5) is 15.1. The van der Waals surface area contributed by atoms with Crippen molar-refractivity contribution in [2.45, 2.75) is 0 Å². The second-order valence-corrected chi connectivity index (χ2v) is 5.68. The van der Waals surface area contributed by atoms with Crippen LogP contribution in [0.25, 0.3) is 32.9 Å². The Morgan fingerprint density at radius 2 is 1.64 bits per heavy atom. The number of hydrogen-bond donors (Lipinski definition) is 1. The molecule has 1 aromatic heterocycles. The minimum atomic E-state index is 0.679. The lowest BCUT2D eigenvalue weighted by atomic mass is 10.0. The van der Waals surface area contributed by atoms with Crippen LogP contribution in [0.5, 0.6) is 0 Å². The summed E-state index contributed by atoms with van der Waals surface area (Å²) in [6, 6.07) is 19.7. The zero-order valence-electron chi connectivity index (χ0n) is 11.6. The Hall–Kier alpha value is -2.58. The third-order valence-corrected chi connectivity index (χ3v) is 4.24. The van der Waals surface area contributed by atoms with Crippen LogP contribution in [0.15, 0.2) is 60.7 Å². The van der Waals surface area contributed by atoms with Crippen LogP contribution in [-0.2, 0) is 0 Å². The summed E-state index contributed by atoms with van der Waals surface area (Å²) in [5.74, 6) is 0. The van der Waals surface area contributed by atoms with E-state index in [0.717, 1.165) is 39.2 Å². The molecule has 2 nitrogen and oxygen atoms in total. The molecule has 0 spiro atoms. The quantitative estimate of drug-likeness (QED) is 0.490. The lowest BCUT2D eigenvalue weighted by Crippen LogP contribution is -1.84. The first kappa shape index (κ1) is 13.1. The third-order valence-electron chi connectivity index (χ3n) is 3.99. The van der Waals surface area contributed by atoms with E-state index in [1.165, 1.54) is 0 Å². The van der Waals surface area contributed by atoms with Gasteiger partial charge in [0.2, 0.25) is 0 Å². The maximum Gasteiger partial charge on any atom is 0.152 e. The van der Waals surface area contributed by atoms with Gasteiger partial charge in [-0.15, -0.1) is 0 Å². The molecule has 0 radical (unpaired) electrons. The van der Waals surface area contributed by atoms with Crippen molar-refractivity contribution in [3.63, 3.8) is 0 Å². The second kappa shape index (κ2) is 5.00. The Kier molecular flexibility index (Phi) is 2.98. The van der Waals surface area contributed by atoms with Gasteiger partial charge in [0.25, 0.3) is 0 Å². The Labute approximate surface area is 132 Å². The molecule has 0 fully saturated rings. The van der Waals surface area contributed by atoms with E-state index in [4.69, 9.17) is 11.6 Å². The van der Waals surface area contributed by atoms with E-state index in [9.17, 15) is 4.79 Å². The van der Waals surface area contributed by atoms with Gasteiger partial charge >= 0.3 is 0 Å². The minimum absolute atomic E-state index is 0.679. The third kappa shape index (κ3) is 1.92. The van der Waals surface area contributed by atoms with Crippen molar-refractivity contribution in [3.05, 3.63) is 71.2 Å². The summed E-state index contributed by atoms with van der Waals surface area (Å²) < 4.78 is 0. The molecule has 0 saturated carbocycles. The number of aromatic amines is 1. The fourth-order valence-corrected chi connectivity index (χ4v) is 3.05. The highest BCUT2D eigenvalue weighted by Crippen LogP contribution is 2.33. The van der Waals surface area contributed by atoms with Gasteiger partial charge in [0.1, 0.15) is 0 Å². The first-order valence-corrected chi connectivity index (χ1v) is 7.40. The number of aromatic nitrogens is 1. The number of halogens is 1. The smallest absolute Gasteiger partial charge is 0.152 e. The highest BCUT2D eigenvalue weighted by atomic mass is 35.5. The van der Waals surface area contributed by atoms with Gasteiger partial charge in [0.05, 0.1) is 11.2 Å². The Bertz CT molecular complexity index is 999. The number of carbonyl (C=O) groups is 1. The fraction of sp³-hybridized carbons (Fsp3) is 0. The lowest BCUT2D eigenvalue weighted by molar-refractivity contribution is 0.112. The molecule has 0 aliphatic carbocycles. The summed E-state index contributed by atoms with van der Waals surface area (Å²) >= 11 is 5.95. The highest BCUT2D eigenvalue weighted by molar-refractivity contribution is 6.30. The zero-order valence-corrected chi connectivity index (χ0v) is 12.4. The molecule has 0 unspecified atom stereocenters. The van der Waals surface area contributed by atoms with Crippen LogP contribution in [0.3, 0.4) is 0 Å². The van der Waals surface area contributed by atoms with Crippen molar-refractivity contribution < 1.29 is 4.79 Å². The summed E-state index contributed by atoms with van der Waals surface area (Å²) in [5, 5.41) is 3.89. The normalized spacial score (nSPS) is 11.1. The van der Waals surface area contributed by atoms with Crippen LogP contribution in [0, 0.1) is 0 Å². The molecule has 3 aromatic carbocycles. The number of hydrogen-bond acceptors (Lipinski definition) is 1. The average Bonchev–Trinajstić information content (AvgIpc) is 2.94. The van der Waals surface area contributed by atoms with Gasteiger partial charge in [0.15, 0.2) is 6.29 Å². The molecule has 3 heteroatoms. The first-order valence-electron chi connectivity index (χ1n) is 7.02. The molecule has 106 valence electrons. The molecule has 0 aliphatic rings. The van der Waals surface area contributed by atoms with E-state index < -0.39 is 0 Å². The minimum Gasteiger partial charge on any atom is -0.353 e. The molecule has 0 saturated heterocycles. The number of carbonyl (C=O) groups excluding carboxylic acids is 1. The van der Waals surface area contributed by atoms with Crippen molar-refractivity contribution in [2.75, 3.05) is 0 Å². The van der Waals surface area contributed by atoms with Crippen molar-refractivity contribution in [1.82, 2.24) is 4.98 Å². The van der Waals surface area contributed by atoms with Gasteiger partial charge in [0, 0.05) is 21.4 Å². The second-order valence-electron chi connectivity index (χ2n) is 5.25. The molecule has 0 bridgehead atoms. The van der Waals surface area contributed by atoms with E-state index in [1.54, 1.807) is 0 Å². The van der Waals surface area contributed by atoms with Crippen molar-refractivity contribution in [3.8, 4) is 11.3 Å². The number of nitrogens with one attached hydrogen (secondary N) is 1. The number of H-pyrrole nitrogens is 1. The molecule has 0 aliphatic heterocycles. The van der Waals surface area contributed by atoms with Crippen molar-refractivity contribution in [2.24, 2.45) is 0 Å². The Balaban J connectivity index is 2.08. The number of rotatable bonds is 2. The van der Waals surface area contributed by atoms with Gasteiger partial charge in [-0.05, 0) is 23.1 Å². The van der Waals surface area contributed by atoms with Crippen LogP contribution >= 0.6 is 11.6 Å². The predicted octanol–water partition coefficient (Wildman–Crippen LogP) is 5.45. The van der Waals surface area contributed by atoms with E-state index in [1.807, 2.05) is 48.5 Å². The Morgan fingerprint density at radius 3 is 2.41 bits per heavy atom. The predicted molar refractivity (Wildman–Crippen MR) is 91.6 cm³/mol. The number of benzene rings is 3. The summed E-state index contributed by atoms with van der Waals surface area (Å²) in [6.45, 7) is 0. The van der Waals surface area contributed by atoms with Gasteiger partial charge in [-0.3, -0.25) is 4.79 Å². The largest absolute Gasteiger partial charge is 0.353 e. The molecule has 1 N–H and O–H groups in total. The molecule has 4 aromatic rings. The number of fused-ring (bicyclic) bond motifs is 3. The van der Waals surface area contributed by atoms with Crippen LogP contribution in [0.2, 0.25) is 5.02 Å². The highest BCUT2D eigenvalue weighted by Gasteiger charge is 2.14. The van der Waals surface area contributed by atoms with Crippen LogP contribution in [-0.4, -0.2) is 11.3 Å². The van der Waals surface area contributed by atoms with Crippen LogP contribution < -0.4 is 0 Å². The zero-order chi connectivity index (χ0) is 15.1. The molecule has 1 heterocycles. The summed E-state index contributed by atoms with van der Waals surface area (Å²) in [6.07, 6.45) is 0.914. The van der Waals surface area contributed by atoms with Crippen molar-refractivity contribution in [1.29, 1.82) is 0 Å². The maximum atomic E-state index is 11.6. The molecule has 0 atom stereocenters. The molecule has 22 heavy (non-hydrogen) atoms. The summed E-state index contributed by atoms with van der Waals surface area (Å²) in [7, 11) is 0. The molecular formula is C19H12ClNO. The monoisotopic (exact) mass is 305 g/mol. The average molecular weight is 306 g/mol. The standard InChI is InChI=1S/C19H12ClNO/c20-14-8-5-13(6-9-14)18-17(11-22)16-10-7-12-3-1-2-4-15(12)19(16)21-18/h1-11,21H. The Morgan fingerprint density at radius 1 is 0.864 bits per heavy atom. The fourth-order valence-electron chi connectivity index (χ4n) is 2.92. The van der Waals surface area contributed by atoms with Gasteiger partial charge < -0.3 is 4.98 Å². The lowest BCUT2D eigenvalue weighted by Gasteiger charge is -1.99. The van der Waals surface area contributed by atoms with Gasteiger partial charge in [-0.25, -0.2) is 0 Å². The van der Waals surface area contributed by atoms with E-state index in [-0.39, 0.29) is 0 Å². The maximum absolute atomic E-state index is 11.6. The van der Waals surface area contributed by atoms with E-state index >= 15 is 0 Å². The first-order chi connectivity index (χ1) is 10.8. The van der Waals surface area contributed by atoms with Gasteiger partial charge in [-0.1, -0.05) is 60.1 Å². The van der Waals surface area contributed by atoms with Gasteiger partial charge in [-0.2, -0.15) is 0 Å².